The van der Waals surface area contributed by atoms with Crippen molar-refractivity contribution in [3.63, 3.8) is 0 Å². The van der Waals surface area contributed by atoms with E-state index < -0.39 is 17.4 Å². The van der Waals surface area contributed by atoms with Gasteiger partial charge in [0.05, 0.1) is 30.9 Å². The highest BCUT2D eigenvalue weighted by atomic mass is 16.5. The molecule has 21 heavy (non-hydrogen) atoms. The lowest BCUT2D eigenvalue weighted by Crippen LogP contribution is -2.30. The second-order valence-corrected chi connectivity index (χ2v) is 5.06. The van der Waals surface area contributed by atoms with Crippen LogP contribution in [-0.4, -0.2) is 37.9 Å². The van der Waals surface area contributed by atoms with Gasteiger partial charge in [-0.3, -0.25) is 4.79 Å². The number of carboxylic acid groups (broad SMARTS) is 1. The Bertz CT molecular complexity index is 553. The van der Waals surface area contributed by atoms with Gasteiger partial charge in [-0.2, -0.15) is 0 Å². The van der Waals surface area contributed by atoms with E-state index in [0.29, 0.717) is 5.75 Å². The Morgan fingerprint density at radius 1 is 1.24 bits per heavy atom. The standard InChI is InChI=1S/C14H19NO6/c1-14(2,13(17)18)7-21-12(16)9-5-8(19-3)6-10(20-4)11(9)15/h5-6H,7,15H2,1-4H3,(H,17,18). The molecule has 0 aliphatic carbocycles. The summed E-state index contributed by atoms with van der Waals surface area (Å²) in [7, 11) is 2.85. The highest BCUT2D eigenvalue weighted by Gasteiger charge is 2.30. The molecule has 0 bridgehead atoms. The number of benzene rings is 1. The zero-order chi connectivity index (χ0) is 16.2. The van der Waals surface area contributed by atoms with Gasteiger partial charge in [-0.1, -0.05) is 0 Å². The minimum Gasteiger partial charge on any atom is -0.497 e. The number of methoxy groups -OCH3 is 2. The van der Waals surface area contributed by atoms with Gasteiger partial charge >= 0.3 is 11.9 Å². The van der Waals surface area contributed by atoms with E-state index in [0.717, 1.165) is 0 Å². The minimum absolute atomic E-state index is 0.0624. The molecule has 0 amide bonds. The third-order valence-electron chi connectivity index (χ3n) is 2.93. The molecule has 1 aromatic rings. The van der Waals surface area contributed by atoms with Gasteiger partial charge in [-0.05, 0) is 19.9 Å². The normalized spacial score (nSPS) is 10.9. The second-order valence-electron chi connectivity index (χ2n) is 5.06. The van der Waals surface area contributed by atoms with Gasteiger partial charge in [0, 0.05) is 6.07 Å². The number of hydrogen-bond acceptors (Lipinski definition) is 6. The fraction of sp³-hybridized carbons (Fsp3) is 0.429. The van der Waals surface area contributed by atoms with Crippen molar-refractivity contribution in [3.8, 4) is 11.5 Å². The second kappa shape index (κ2) is 6.34. The number of ether oxygens (including phenoxy) is 3. The molecule has 0 saturated carbocycles. The molecule has 0 atom stereocenters. The number of rotatable bonds is 6. The number of anilines is 1. The fourth-order valence-corrected chi connectivity index (χ4v) is 1.44. The molecule has 0 aromatic heterocycles. The molecule has 0 radical (unpaired) electrons. The van der Waals surface area contributed by atoms with E-state index in [9.17, 15) is 9.59 Å². The number of aliphatic carboxylic acids is 1. The molecule has 0 fully saturated rings. The topological polar surface area (TPSA) is 108 Å². The van der Waals surface area contributed by atoms with Crippen LogP contribution in [0.15, 0.2) is 12.1 Å². The summed E-state index contributed by atoms with van der Waals surface area (Å²) in [6.07, 6.45) is 0. The summed E-state index contributed by atoms with van der Waals surface area (Å²) in [5, 5.41) is 8.99. The van der Waals surface area contributed by atoms with Crippen LogP contribution in [0.3, 0.4) is 0 Å². The maximum absolute atomic E-state index is 12.1. The third kappa shape index (κ3) is 3.77. The maximum atomic E-state index is 12.1. The summed E-state index contributed by atoms with van der Waals surface area (Å²) in [6, 6.07) is 2.95. The Morgan fingerprint density at radius 2 is 1.86 bits per heavy atom. The average molecular weight is 297 g/mol. The number of carboxylic acids is 1. The molecule has 3 N–H and O–H groups in total. The van der Waals surface area contributed by atoms with Crippen molar-refractivity contribution in [1.82, 2.24) is 0 Å². The molecular formula is C14H19NO6. The zero-order valence-electron chi connectivity index (χ0n) is 12.4. The van der Waals surface area contributed by atoms with Crippen LogP contribution in [0.25, 0.3) is 0 Å². The van der Waals surface area contributed by atoms with Crippen LogP contribution >= 0.6 is 0 Å². The van der Waals surface area contributed by atoms with E-state index in [1.54, 1.807) is 0 Å². The van der Waals surface area contributed by atoms with Crippen LogP contribution in [0, 0.1) is 5.41 Å². The van der Waals surface area contributed by atoms with Crippen molar-refractivity contribution in [1.29, 1.82) is 0 Å². The predicted octanol–water partition coefficient (Wildman–Crippen LogP) is 1.55. The van der Waals surface area contributed by atoms with E-state index >= 15 is 0 Å². The first kappa shape index (κ1) is 16.6. The summed E-state index contributed by atoms with van der Waals surface area (Å²) in [5.41, 5.74) is 4.80. The van der Waals surface area contributed by atoms with E-state index in [2.05, 4.69) is 0 Å². The van der Waals surface area contributed by atoms with Gasteiger partial charge in [0.15, 0.2) is 0 Å². The number of carbonyl (C=O) groups excluding carboxylic acids is 1. The molecule has 0 saturated heterocycles. The molecule has 1 rings (SSSR count). The maximum Gasteiger partial charge on any atom is 0.340 e. The first-order valence-electron chi connectivity index (χ1n) is 6.15. The monoisotopic (exact) mass is 297 g/mol. The van der Waals surface area contributed by atoms with Crippen LogP contribution in [-0.2, 0) is 9.53 Å². The molecule has 7 heteroatoms. The van der Waals surface area contributed by atoms with Crippen LogP contribution in [0.5, 0.6) is 11.5 Å². The molecular weight excluding hydrogens is 278 g/mol. The molecule has 0 heterocycles. The average Bonchev–Trinajstić information content (AvgIpc) is 2.44. The SMILES string of the molecule is COc1cc(OC)c(N)c(C(=O)OCC(C)(C)C(=O)O)c1. The highest BCUT2D eigenvalue weighted by Crippen LogP contribution is 2.31. The predicted molar refractivity (Wildman–Crippen MR) is 75.7 cm³/mol. The van der Waals surface area contributed by atoms with Crippen molar-refractivity contribution in [2.45, 2.75) is 13.8 Å². The molecule has 0 unspecified atom stereocenters. The van der Waals surface area contributed by atoms with Gasteiger partial charge < -0.3 is 25.1 Å². The van der Waals surface area contributed by atoms with Crippen LogP contribution < -0.4 is 15.2 Å². The van der Waals surface area contributed by atoms with Crippen LogP contribution in [0.2, 0.25) is 0 Å². The van der Waals surface area contributed by atoms with Gasteiger partial charge in [0.1, 0.15) is 18.1 Å². The number of hydrogen-bond donors (Lipinski definition) is 2. The molecule has 7 nitrogen and oxygen atoms in total. The van der Waals surface area contributed by atoms with E-state index in [4.69, 9.17) is 25.1 Å². The Hall–Kier alpha value is -2.44. The number of nitrogens with two attached hydrogens (primary N) is 1. The lowest BCUT2D eigenvalue weighted by Gasteiger charge is -2.19. The van der Waals surface area contributed by atoms with Gasteiger partial charge in [-0.25, -0.2) is 4.79 Å². The van der Waals surface area contributed by atoms with Crippen molar-refractivity contribution in [2.75, 3.05) is 26.6 Å². The quantitative estimate of drug-likeness (QED) is 0.605. The summed E-state index contributed by atoms with van der Waals surface area (Å²) < 4.78 is 15.1. The molecule has 0 aliphatic heterocycles. The van der Waals surface area contributed by atoms with E-state index in [1.807, 2.05) is 0 Å². The number of nitrogen functional groups attached to an aromatic ring is 1. The van der Waals surface area contributed by atoms with Crippen LogP contribution in [0.1, 0.15) is 24.2 Å². The van der Waals surface area contributed by atoms with Crippen LogP contribution in [0.4, 0.5) is 5.69 Å². The number of carbonyl (C=O) groups is 2. The molecule has 116 valence electrons. The van der Waals surface area contributed by atoms with Crippen molar-refractivity contribution in [2.24, 2.45) is 5.41 Å². The largest absolute Gasteiger partial charge is 0.497 e. The summed E-state index contributed by atoms with van der Waals surface area (Å²) in [6.45, 7) is 2.64. The Labute approximate surface area is 122 Å². The Kier molecular flexibility index (Phi) is 5.02. The molecule has 1 aromatic carbocycles. The zero-order valence-corrected chi connectivity index (χ0v) is 12.4. The molecule has 0 spiro atoms. The lowest BCUT2D eigenvalue weighted by atomic mass is 9.95. The van der Waals surface area contributed by atoms with E-state index in [1.165, 1.54) is 40.2 Å². The molecule has 0 aliphatic rings. The van der Waals surface area contributed by atoms with Crippen molar-refractivity contribution in [3.05, 3.63) is 17.7 Å². The third-order valence-corrected chi connectivity index (χ3v) is 2.93. The summed E-state index contributed by atoms with van der Waals surface area (Å²) in [4.78, 5) is 23.0. The van der Waals surface area contributed by atoms with Gasteiger partial charge in [0.25, 0.3) is 0 Å². The summed E-state index contributed by atoms with van der Waals surface area (Å²) in [5.74, 6) is -1.14. The highest BCUT2D eigenvalue weighted by molar-refractivity contribution is 5.97. The minimum atomic E-state index is -1.19. The van der Waals surface area contributed by atoms with Gasteiger partial charge in [-0.15, -0.1) is 0 Å². The Balaban J connectivity index is 3.00. The summed E-state index contributed by atoms with van der Waals surface area (Å²) >= 11 is 0. The number of esters is 1. The van der Waals surface area contributed by atoms with Crippen molar-refractivity contribution < 1.29 is 28.9 Å². The van der Waals surface area contributed by atoms with Crippen molar-refractivity contribution >= 4 is 17.6 Å². The first-order chi connectivity index (χ1) is 9.72. The fourth-order valence-electron chi connectivity index (χ4n) is 1.44. The Morgan fingerprint density at radius 3 is 2.33 bits per heavy atom. The first-order valence-corrected chi connectivity index (χ1v) is 6.15. The lowest BCUT2D eigenvalue weighted by molar-refractivity contribution is -0.149. The van der Waals surface area contributed by atoms with E-state index in [-0.39, 0.29) is 23.6 Å². The smallest absolute Gasteiger partial charge is 0.340 e. The van der Waals surface area contributed by atoms with Gasteiger partial charge in [0.2, 0.25) is 0 Å².